The van der Waals surface area contributed by atoms with Gasteiger partial charge in [0.15, 0.2) is 0 Å². The maximum absolute atomic E-state index is 11.6. The predicted molar refractivity (Wildman–Crippen MR) is 75.2 cm³/mol. The first kappa shape index (κ1) is 14.8. The summed E-state index contributed by atoms with van der Waals surface area (Å²) in [5.74, 6) is -0.881. The highest BCUT2D eigenvalue weighted by Gasteiger charge is 2.22. The summed E-state index contributed by atoms with van der Waals surface area (Å²) in [7, 11) is 0. The smallest absolute Gasteiger partial charge is 0.409 e. The van der Waals surface area contributed by atoms with Crippen LogP contribution >= 0.6 is 11.3 Å². The molecule has 0 unspecified atom stereocenters. The van der Waals surface area contributed by atoms with Gasteiger partial charge in [-0.15, -0.1) is 11.3 Å². The highest BCUT2D eigenvalue weighted by atomic mass is 32.1. The van der Waals surface area contributed by atoms with Gasteiger partial charge >= 0.3 is 12.1 Å². The molecule has 6 nitrogen and oxygen atoms in total. The van der Waals surface area contributed by atoms with E-state index in [0.29, 0.717) is 24.6 Å². The zero-order chi connectivity index (χ0) is 14.5. The molecule has 1 saturated heterocycles. The number of hydrogen-bond acceptors (Lipinski definition) is 5. The Bertz CT molecular complexity index is 480. The normalized spacial score (nSPS) is 16.1. The summed E-state index contributed by atoms with van der Waals surface area (Å²) in [6.07, 6.45) is -0.253. The molecule has 1 N–H and O–H groups in total. The van der Waals surface area contributed by atoms with Crippen LogP contribution in [0.2, 0.25) is 0 Å². The second-order valence-corrected chi connectivity index (χ2v) is 5.70. The van der Waals surface area contributed by atoms with Gasteiger partial charge in [0.1, 0.15) is 4.88 Å². The van der Waals surface area contributed by atoms with Crippen molar-refractivity contribution < 1.29 is 19.4 Å². The highest BCUT2D eigenvalue weighted by Crippen LogP contribution is 2.19. The van der Waals surface area contributed by atoms with E-state index in [1.807, 2.05) is 6.07 Å². The number of carboxylic acid groups (broad SMARTS) is 1. The van der Waals surface area contributed by atoms with Gasteiger partial charge in [-0.05, 0) is 19.1 Å². The van der Waals surface area contributed by atoms with E-state index < -0.39 is 5.97 Å². The van der Waals surface area contributed by atoms with Crippen LogP contribution in [0.15, 0.2) is 12.1 Å². The van der Waals surface area contributed by atoms with E-state index in [9.17, 15) is 9.59 Å². The molecule has 0 aliphatic carbocycles. The number of carboxylic acids is 1. The lowest BCUT2D eigenvalue weighted by atomic mass is 10.3. The Balaban J connectivity index is 1.82. The number of aromatic carboxylic acids is 1. The average Bonchev–Trinajstić information content (AvgIpc) is 2.88. The molecule has 0 aromatic carbocycles. The lowest BCUT2D eigenvalue weighted by Gasteiger charge is -2.33. The molecule has 0 radical (unpaired) electrons. The molecule has 0 bridgehead atoms. The monoisotopic (exact) mass is 298 g/mol. The van der Waals surface area contributed by atoms with Crippen LogP contribution in [0, 0.1) is 0 Å². The fourth-order valence-corrected chi connectivity index (χ4v) is 2.99. The molecule has 7 heteroatoms. The number of carbonyl (C=O) groups is 2. The minimum absolute atomic E-state index is 0.253. The SMILES string of the molecule is CCOC(=O)N1CCN(Cc2ccc(C(=O)O)s2)CC1. The standard InChI is InChI=1S/C13H18N2O4S/c1-2-19-13(18)15-7-5-14(6-8-15)9-10-3-4-11(20-10)12(16)17/h3-4H,2,5-9H2,1H3,(H,16,17). The number of amides is 1. The van der Waals surface area contributed by atoms with Crippen LogP contribution in [-0.2, 0) is 11.3 Å². The summed E-state index contributed by atoms with van der Waals surface area (Å²) < 4.78 is 4.97. The van der Waals surface area contributed by atoms with Crippen LogP contribution < -0.4 is 0 Å². The van der Waals surface area contributed by atoms with Crippen molar-refractivity contribution in [2.24, 2.45) is 0 Å². The van der Waals surface area contributed by atoms with Gasteiger partial charge in [0, 0.05) is 37.6 Å². The van der Waals surface area contributed by atoms with Gasteiger partial charge in [0.25, 0.3) is 0 Å². The Morgan fingerprint density at radius 1 is 1.30 bits per heavy atom. The molecule has 2 heterocycles. The van der Waals surface area contributed by atoms with E-state index in [1.165, 1.54) is 11.3 Å². The van der Waals surface area contributed by atoms with Crippen LogP contribution in [0.25, 0.3) is 0 Å². The Labute approximate surface area is 121 Å². The minimum Gasteiger partial charge on any atom is -0.477 e. The molecule has 1 fully saturated rings. The molecule has 1 aromatic heterocycles. The van der Waals surface area contributed by atoms with Gasteiger partial charge in [-0.25, -0.2) is 9.59 Å². The number of thiophene rings is 1. The van der Waals surface area contributed by atoms with E-state index in [2.05, 4.69) is 4.90 Å². The van der Waals surface area contributed by atoms with Gasteiger partial charge in [-0.2, -0.15) is 0 Å². The van der Waals surface area contributed by atoms with E-state index in [1.54, 1.807) is 17.9 Å². The van der Waals surface area contributed by atoms with Crippen molar-refractivity contribution in [1.29, 1.82) is 0 Å². The van der Waals surface area contributed by atoms with Crippen molar-refractivity contribution in [3.05, 3.63) is 21.9 Å². The third kappa shape index (κ3) is 3.71. The van der Waals surface area contributed by atoms with Crippen molar-refractivity contribution in [2.45, 2.75) is 13.5 Å². The molecule has 20 heavy (non-hydrogen) atoms. The number of carbonyl (C=O) groups excluding carboxylic acids is 1. The summed E-state index contributed by atoms with van der Waals surface area (Å²) in [4.78, 5) is 27.7. The second-order valence-electron chi connectivity index (χ2n) is 4.53. The Morgan fingerprint density at radius 3 is 2.55 bits per heavy atom. The fraction of sp³-hybridized carbons (Fsp3) is 0.538. The average molecular weight is 298 g/mol. The van der Waals surface area contributed by atoms with Crippen molar-refractivity contribution >= 4 is 23.4 Å². The summed E-state index contributed by atoms with van der Waals surface area (Å²) in [5, 5.41) is 8.89. The molecule has 0 saturated carbocycles. The molecule has 1 amide bonds. The molecule has 1 aliphatic rings. The number of piperazine rings is 1. The van der Waals surface area contributed by atoms with Gasteiger partial charge in [-0.3, -0.25) is 4.90 Å². The van der Waals surface area contributed by atoms with Crippen LogP contribution in [0.1, 0.15) is 21.5 Å². The second kappa shape index (κ2) is 6.71. The number of rotatable bonds is 4. The van der Waals surface area contributed by atoms with Crippen molar-refractivity contribution in [3.8, 4) is 0 Å². The zero-order valence-corrected chi connectivity index (χ0v) is 12.2. The van der Waals surface area contributed by atoms with Crippen molar-refractivity contribution in [2.75, 3.05) is 32.8 Å². The summed E-state index contributed by atoms with van der Waals surface area (Å²) in [5.41, 5.74) is 0. The van der Waals surface area contributed by atoms with E-state index >= 15 is 0 Å². The number of nitrogens with zero attached hydrogens (tertiary/aromatic N) is 2. The van der Waals surface area contributed by atoms with E-state index in [4.69, 9.17) is 9.84 Å². The molecule has 1 aromatic rings. The molecular weight excluding hydrogens is 280 g/mol. The van der Waals surface area contributed by atoms with Crippen molar-refractivity contribution in [1.82, 2.24) is 9.80 Å². The fourth-order valence-electron chi connectivity index (χ4n) is 2.10. The Morgan fingerprint density at radius 2 is 2.00 bits per heavy atom. The van der Waals surface area contributed by atoms with Crippen LogP contribution in [0.4, 0.5) is 4.79 Å². The van der Waals surface area contributed by atoms with E-state index in [0.717, 1.165) is 24.5 Å². The van der Waals surface area contributed by atoms with Crippen LogP contribution in [-0.4, -0.2) is 59.8 Å². The lowest BCUT2D eigenvalue weighted by molar-refractivity contribution is 0.0701. The zero-order valence-electron chi connectivity index (χ0n) is 11.4. The predicted octanol–water partition coefficient (Wildman–Crippen LogP) is 1.72. The summed E-state index contributed by atoms with van der Waals surface area (Å²) in [6, 6.07) is 3.49. The van der Waals surface area contributed by atoms with E-state index in [-0.39, 0.29) is 6.09 Å². The molecular formula is C13H18N2O4S. The van der Waals surface area contributed by atoms with Crippen LogP contribution in [0.5, 0.6) is 0 Å². The van der Waals surface area contributed by atoms with Crippen LogP contribution in [0.3, 0.4) is 0 Å². The maximum atomic E-state index is 11.6. The summed E-state index contributed by atoms with van der Waals surface area (Å²) >= 11 is 1.30. The molecule has 0 atom stereocenters. The molecule has 0 spiro atoms. The first-order chi connectivity index (χ1) is 9.60. The lowest BCUT2D eigenvalue weighted by Crippen LogP contribution is -2.48. The molecule has 2 rings (SSSR count). The first-order valence-electron chi connectivity index (χ1n) is 6.56. The van der Waals surface area contributed by atoms with Gasteiger partial charge in [0.05, 0.1) is 6.61 Å². The number of ether oxygens (including phenoxy) is 1. The minimum atomic E-state index is -0.881. The molecule has 1 aliphatic heterocycles. The Hall–Kier alpha value is -1.60. The highest BCUT2D eigenvalue weighted by molar-refractivity contribution is 7.13. The topological polar surface area (TPSA) is 70.1 Å². The van der Waals surface area contributed by atoms with Crippen molar-refractivity contribution in [3.63, 3.8) is 0 Å². The largest absolute Gasteiger partial charge is 0.477 e. The summed E-state index contributed by atoms with van der Waals surface area (Å²) in [6.45, 7) is 5.77. The number of hydrogen-bond donors (Lipinski definition) is 1. The Kier molecular flexibility index (Phi) is 4.97. The van der Waals surface area contributed by atoms with Gasteiger partial charge < -0.3 is 14.7 Å². The molecule has 110 valence electrons. The third-order valence-corrected chi connectivity index (χ3v) is 4.21. The first-order valence-corrected chi connectivity index (χ1v) is 7.38. The maximum Gasteiger partial charge on any atom is 0.409 e. The van der Waals surface area contributed by atoms with Gasteiger partial charge in [-0.1, -0.05) is 0 Å². The third-order valence-electron chi connectivity index (χ3n) is 3.15. The van der Waals surface area contributed by atoms with Gasteiger partial charge in [0.2, 0.25) is 0 Å². The quantitative estimate of drug-likeness (QED) is 0.916.